The van der Waals surface area contributed by atoms with Gasteiger partial charge in [-0.15, -0.1) is 0 Å². The topological polar surface area (TPSA) is 68.0 Å². The molecule has 3 rings (SSSR count). The van der Waals surface area contributed by atoms with E-state index >= 15 is 0 Å². The van der Waals surface area contributed by atoms with Crippen LogP contribution in [0.3, 0.4) is 0 Å². The molecule has 5 nitrogen and oxygen atoms in total. The summed E-state index contributed by atoms with van der Waals surface area (Å²) in [6.07, 6.45) is 3.16. The molecule has 21 heavy (non-hydrogen) atoms. The number of hydrogen-bond donors (Lipinski definition) is 1. The lowest BCUT2D eigenvalue weighted by atomic mass is 10.2. The highest BCUT2D eigenvalue weighted by molar-refractivity contribution is 5.94. The van der Waals surface area contributed by atoms with Gasteiger partial charge in [0.25, 0.3) is 0 Å². The van der Waals surface area contributed by atoms with Crippen LogP contribution in [0.4, 0.5) is 0 Å². The molecule has 3 aromatic rings. The highest BCUT2D eigenvalue weighted by atomic mass is 16.4. The van der Waals surface area contributed by atoms with Crippen molar-refractivity contribution in [2.24, 2.45) is 0 Å². The van der Waals surface area contributed by atoms with Crippen LogP contribution < -0.4 is 0 Å². The van der Waals surface area contributed by atoms with Crippen molar-refractivity contribution in [3.8, 4) is 11.4 Å². The number of aromatic nitrogens is 3. The summed E-state index contributed by atoms with van der Waals surface area (Å²) in [7, 11) is 0. The van der Waals surface area contributed by atoms with Gasteiger partial charge in [-0.1, -0.05) is 36.4 Å². The second-order valence-electron chi connectivity index (χ2n) is 4.59. The van der Waals surface area contributed by atoms with Crippen molar-refractivity contribution in [1.82, 2.24) is 14.8 Å². The Morgan fingerprint density at radius 2 is 1.86 bits per heavy atom. The van der Waals surface area contributed by atoms with Crippen molar-refractivity contribution in [2.75, 3.05) is 0 Å². The van der Waals surface area contributed by atoms with Gasteiger partial charge in [-0.3, -0.25) is 9.67 Å². The maximum Gasteiger partial charge on any atom is 0.339 e. The van der Waals surface area contributed by atoms with E-state index in [1.165, 1.54) is 0 Å². The van der Waals surface area contributed by atoms with Crippen LogP contribution in [0.15, 0.2) is 60.9 Å². The first-order valence-corrected chi connectivity index (χ1v) is 6.50. The highest BCUT2D eigenvalue weighted by Crippen LogP contribution is 2.20. The van der Waals surface area contributed by atoms with Gasteiger partial charge in [0.15, 0.2) is 0 Å². The fourth-order valence-electron chi connectivity index (χ4n) is 2.12. The van der Waals surface area contributed by atoms with Crippen molar-refractivity contribution >= 4 is 5.97 Å². The molecule has 0 radical (unpaired) electrons. The fraction of sp³-hybridized carbons (Fsp3) is 0.0625. The average Bonchev–Trinajstić information content (AvgIpc) is 2.93. The van der Waals surface area contributed by atoms with Crippen LogP contribution in [0.1, 0.15) is 15.9 Å². The molecule has 2 heterocycles. The molecule has 0 aliphatic rings. The number of rotatable bonds is 4. The van der Waals surface area contributed by atoms with Crippen LogP contribution in [0, 0.1) is 0 Å². The molecule has 0 saturated heterocycles. The number of hydrogen-bond acceptors (Lipinski definition) is 3. The van der Waals surface area contributed by atoms with Gasteiger partial charge in [0.05, 0.1) is 12.2 Å². The van der Waals surface area contributed by atoms with Crippen LogP contribution in [0.2, 0.25) is 0 Å². The van der Waals surface area contributed by atoms with Crippen LogP contribution >= 0.6 is 0 Å². The molecule has 0 aliphatic carbocycles. The third-order valence-corrected chi connectivity index (χ3v) is 3.09. The van der Waals surface area contributed by atoms with E-state index in [-0.39, 0.29) is 5.56 Å². The minimum Gasteiger partial charge on any atom is -0.478 e. The zero-order valence-electron chi connectivity index (χ0n) is 11.2. The van der Waals surface area contributed by atoms with Crippen LogP contribution in [-0.2, 0) is 6.54 Å². The molecule has 0 bridgehead atoms. The van der Waals surface area contributed by atoms with Gasteiger partial charge in [-0.05, 0) is 17.7 Å². The minimum absolute atomic E-state index is 0.157. The Bertz CT molecular complexity index is 752. The first kappa shape index (κ1) is 13.1. The molecule has 0 fully saturated rings. The van der Waals surface area contributed by atoms with Crippen molar-refractivity contribution < 1.29 is 9.90 Å². The molecule has 5 heteroatoms. The van der Waals surface area contributed by atoms with Gasteiger partial charge in [-0.25, -0.2) is 4.79 Å². The molecule has 1 N–H and O–H groups in total. The summed E-state index contributed by atoms with van der Waals surface area (Å²) >= 11 is 0. The van der Waals surface area contributed by atoms with Crippen LogP contribution in [0.25, 0.3) is 11.4 Å². The summed E-state index contributed by atoms with van der Waals surface area (Å²) in [6, 6.07) is 15.1. The smallest absolute Gasteiger partial charge is 0.339 e. The van der Waals surface area contributed by atoms with E-state index in [2.05, 4.69) is 10.1 Å². The quantitative estimate of drug-likeness (QED) is 0.797. The van der Waals surface area contributed by atoms with Crippen LogP contribution in [-0.4, -0.2) is 25.8 Å². The number of carboxylic acids is 1. The largest absolute Gasteiger partial charge is 0.478 e. The van der Waals surface area contributed by atoms with Gasteiger partial charge in [0.2, 0.25) is 0 Å². The van der Waals surface area contributed by atoms with Crippen LogP contribution in [0.5, 0.6) is 0 Å². The summed E-state index contributed by atoms with van der Waals surface area (Å²) < 4.78 is 1.63. The Morgan fingerprint density at radius 1 is 1.10 bits per heavy atom. The molecule has 0 amide bonds. The molecule has 0 unspecified atom stereocenters. The van der Waals surface area contributed by atoms with Gasteiger partial charge in [-0.2, -0.15) is 5.10 Å². The van der Waals surface area contributed by atoms with Gasteiger partial charge < -0.3 is 5.11 Å². The van der Waals surface area contributed by atoms with E-state index in [4.69, 9.17) is 0 Å². The third kappa shape index (κ3) is 2.81. The van der Waals surface area contributed by atoms with E-state index in [1.807, 2.05) is 36.4 Å². The Balaban J connectivity index is 1.99. The number of carboxylic acid groups (broad SMARTS) is 1. The Hall–Kier alpha value is -2.95. The van der Waals surface area contributed by atoms with E-state index in [0.717, 1.165) is 5.56 Å². The molecular weight excluding hydrogens is 266 g/mol. The molecule has 0 atom stereocenters. The number of aromatic carboxylic acids is 1. The van der Waals surface area contributed by atoms with Gasteiger partial charge in [0.1, 0.15) is 11.3 Å². The predicted octanol–water partition coefficient (Wildman–Crippen LogP) is 2.69. The standard InChI is InChI=1S/C16H13N3O2/c20-16(21)13-11-19(10-12-6-2-1-3-7-12)18-15(13)14-8-4-5-9-17-14/h1-9,11H,10H2,(H,20,21). The van der Waals surface area contributed by atoms with E-state index in [0.29, 0.717) is 17.9 Å². The second kappa shape index (κ2) is 5.58. The monoisotopic (exact) mass is 279 g/mol. The summed E-state index contributed by atoms with van der Waals surface area (Å²) in [5.41, 5.74) is 2.16. The van der Waals surface area contributed by atoms with E-state index < -0.39 is 5.97 Å². The second-order valence-corrected chi connectivity index (χ2v) is 4.59. The zero-order valence-corrected chi connectivity index (χ0v) is 11.2. The fourth-order valence-corrected chi connectivity index (χ4v) is 2.12. The van der Waals surface area contributed by atoms with Gasteiger partial charge >= 0.3 is 5.97 Å². The lowest BCUT2D eigenvalue weighted by Crippen LogP contribution is -2.00. The summed E-state index contributed by atoms with van der Waals surface area (Å²) in [5, 5.41) is 13.7. The normalized spacial score (nSPS) is 10.5. The zero-order chi connectivity index (χ0) is 14.7. The average molecular weight is 279 g/mol. The number of carbonyl (C=O) groups is 1. The maximum absolute atomic E-state index is 11.4. The summed E-state index contributed by atoms with van der Waals surface area (Å²) in [6.45, 7) is 0.522. The number of benzene rings is 1. The SMILES string of the molecule is O=C(O)c1cn(Cc2ccccc2)nc1-c1ccccn1. The Morgan fingerprint density at radius 3 is 2.52 bits per heavy atom. The molecule has 0 saturated carbocycles. The first-order chi connectivity index (χ1) is 10.2. The van der Waals surface area contributed by atoms with Gasteiger partial charge in [0, 0.05) is 12.4 Å². The van der Waals surface area contributed by atoms with Crippen molar-refractivity contribution in [3.63, 3.8) is 0 Å². The highest BCUT2D eigenvalue weighted by Gasteiger charge is 2.17. The molecule has 2 aromatic heterocycles. The number of nitrogens with zero attached hydrogens (tertiary/aromatic N) is 3. The molecule has 0 aliphatic heterocycles. The van der Waals surface area contributed by atoms with Crippen molar-refractivity contribution in [2.45, 2.75) is 6.54 Å². The summed E-state index contributed by atoms with van der Waals surface area (Å²) in [4.78, 5) is 15.6. The molecular formula is C16H13N3O2. The van der Waals surface area contributed by atoms with E-state index in [9.17, 15) is 9.90 Å². The first-order valence-electron chi connectivity index (χ1n) is 6.50. The third-order valence-electron chi connectivity index (χ3n) is 3.09. The Labute approximate surface area is 121 Å². The maximum atomic E-state index is 11.4. The minimum atomic E-state index is -1.00. The Kier molecular flexibility index (Phi) is 3.47. The lowest BCUT2D eigenvalue weighted by molar-refractivity contribution is 0.0697. The summed E-state index contributed by atoms with van der Waals surface area (Å²) in [5.74, 6) is -1.00. The molecule has 0 spiro atoms. The number of pyridine rings is 1. The van der Waals surface area contributed by atoms with Crippen molar-refractivity contribution in [3.05, 3.63) is 72.1 Å². The predicted molar refractivity (Wildman–Crippen MR) is 78.0 cm³/mol. The van der Waals surface area contributed by atoms with Crippen molar-refractivity contribution in [1.29, 1.82) is 0 Å². The van der Waals surface area contributed by atoms with E-state index in [1.54, 1.807) is 29.2 Å². The molecule has 104 valence electrons. The molecule has 1 aromatic carbocycles. The lowest BCUT2D eigenvalue weighted by Gasteiger charge is -2.01.